The van der Waals surface area contributed by atoms with Crippen LogP contribution in [0.25, 0.3) is 33.6 Å². The zero-order valence-electron chi connectivity index (χ0n) is 67.8. The van der Waals surface area contributed by atoms with Crippen LogP contribution in [0.1, 0.15) is 172 Å². The lowest BCUT2D eigenvalue weighted by Gasteiger charge is -2.32. The van der Waals surface area contributed by atoms with Crippen LogP contribution in [0.4, 0.5) is 8.78 Å². The van der Waals surface area contributed by atoms with Crippen LogP contribution < -0.4 is 30.0 Å². The number of aromatic nitrogens is 6. The van der Waals surface area contributed by atoms with Crippen molar-refractivity contribution < 1.29 is 65.4 Å². The maximum absolute atomic E-state index is 15.3. The van der Waals surface area contributed by atoms with Crippen LogP contribution in [0.15, 0.2) is 143 Å². The third-order valence-electron chi connectivity index (χ3n) is 22.9. The molecule has 2 saturated heterocycles. The SMILES string of the molecule is COC(=O)C[C@@H]1COc2cc(O[C@@H]3CCc4c(-c5c(C)cc(-c6ccnn6C)cc5C)ccc(F)c43)ccc21.COC(=O)C[C@@H]1COc2cc(O[C@@H]3CCc4c(B5OC(C)(C)C(C)(C)O5)ccc(F)c43)ccc21.Cc1cc(-c2ccnn2C)cc(C)c1Br.Cc1cc(I)cc(C)c1Br.Cn1nccc1B1OC(C)(C)C(C)(C)O1. The summed E-state index contributed by atoms with van der Waals surface area (Å²) in [5.41, 5.74) is 19.5. The molecule has 7 aromatic carbocycles. The van der Waals surface area contributed by atoms with Gasteiger partial charge >= 0.3 is 26.2 Å². The molecule has 25 heteroatoms. The Morgan fingerprint density at radius 3 is 1.34 bits per heavy atom. The first-order chi connectivity index (χ1) is 53.5. The van der Waals surface area contributed by atoms with Crippen molar-refractivity contribution in [2.24, 2.45) is 21.1 Å². The van der Waals surface area contributed by atoms with E-state index in [9.17, 15) is 9.59 Å². The highest BCUT2D eigenvalue weighted by molar-refractivity contribution is 14.1. The number of rotatable bonds is 13. The average Bonchev–Trinajstić information content (AvgIpc) is 1.66. The number of ether oxygens (including phenoxy) is 6. The molecule has 0 N–H and O–H groups in total. The lowest BCUT2D eigenvalue weighted by atomic mass is 9.75. The molecule has 0 saturated carbocycles. The molecule has 4 atom stereocenters. The molecule has 4 aliphatic heterocycles. The fraction of sp³-hybridized carbons (Fsp3) is 0.398. The zero-order chi connectivity index (χ0) is 81.5. The Labute approximate surface area is 693 Å². The van der Waals surface area contributed by atoms with Crippen LogP contribution in [-0.2, 0) is 71.7 Å². The first-order valence-corrected chi connectivity index (χ1v) is 40.7. The molecule has 594 valence electrons. The zero-order valence-corrected chi connectivity index (χ0v) is 73.1. The minimum absolute atomic E-state index is 0.0375. The van der Waals surface area contributed by atoms with E-state index in [2.05, 4.69) is 148 Å². The van der Waals surface area contributed by atoms with E-state index in [1.807, 2.05) is 153 Å². The van der Waals surface area contributed by atoms with Crippen molar-refractivity contribution in [2.75, 3.05) is 27.4 Å². The van der Waals surface area contributed by atoms with Crippen LogP contribution in [0.2, 0.25) is 0 Å². The number of carbonyl (C=O) groups excluding carboxylic acids is 2. The minimum Gasteiger partial charge on any atom is -0.492 e. The van der Waals surface area contributed by atoms with Gasteiger partial charge in [-0.3, -0.25) is 23.6 Å². The number of hydrogen-bond acceptors (Lipinski definition) is 15. The van der Waals surface area contributed by atoms with Gasteiger partial charge in [0.05, 0.1) is 79.7 Å². The van der Waals surface area contributed by atoms with Crippen molar-refractivity contribution >= 4 is 91.7 Å². The van der Waals surface area contributed by atoms with Crippen LogP contribution in [0.5, 0.6) is 23.0 Å². The topological polar surface area (TPSA) is 180 Å². The molecule has 7 heterocycles. The van der Waals surface area contributed by atoms with Gasteiger partial charge < -0.3 is 47.0 Å². The Bertz CT molecular complexity index is 5120. The van der Waals surface area contributed by atoms with Crippen molar-refractivity contribution in [1.82, 2.24) is 29.3 Å². The summed E-state index contributed by atoms with van der Waals surface area (Å²) in [6.07, 6.45) is 7.88. The van der Waals surface area contributed by atoms with Gasteiger partial charge in [0.15, 0.2) is 0 Å². The van der Waals surface area contributed by atoms with E-state index >= 15 is 8.78 Å². The molecule has 113 heavy (non-hydrogen) atoms. The van der Waals surface area contributed by atoms with E-state index in [0.29, 0.717) is 66.6 Å². The second-order valence-corrected chi connectivity index (χ2v) is 34.6. The molecule has 18 nitrogen and oxygen atoms in total. The molecule has 6 aliphatic rings. The molecule has 3 aromatic heterocycles. The van der Waals surface area contributed by atoms with Gasteiger partial charge in [0, 0.05) is 110 Å². The van der Waals surface area contributed by atoms with Gasteiger partial charge in [-0.05, 0) is 285 Å². The van der Waals surface area contributed by atoms with E-state index < -0.39 is 24.4 Å². The second-order valence-electron chi connectivity index (χ2n) is 31.8. The third kappa shape index (κ3) is 18.1. The van der Waals surface area contributed by atoms with Gasteiger partial charge in [0.2, 0.25) is 0 Å². The van der Waals surface area contributed by atoms with Gasteiger partial charge in [0.25, 0.3) is 0 Å². The number of carbonyl (C=O) groups is 2. The van der Waals surface area contributed by atoms with E-state index in [0.717, 1.165) is 78.9 Å². The fourth-order valence-electron chi connectivity index (χ4n) is 15.3. The molecule has 0 radical (unpaired) electrons. The largest absolute Gasteiger partial charge is 0.514 e. The van der Waals surface area contributed by atoms with E-state index in [4.69, 9.17) is 47.0 Å². The summed E-state index contributed by atoms with van der Waals surface area (Å²) >= 11 is 9.41. The highest BCUT2D eigenvalue weighted by Crippen LogP contribution is 2.48. The Balaban J connectivity index is 0.000000143. The smallest absolute Gasteiger partial charge is 0.492 e. The molecule has 10 aromatic rings. The number of benzene rings is 7. The number of halogens is 5. The Hall–Kier alpha value is -8.17. The lowest BCUT2D eigenvalue weighted by Crippen LogP contribution is -2.41. The minimum atomic E-state index is -0.543. The standard InChI is InChI=1S/C32H31FN2O4.C26H30BFO6.C12H13BrN2.C10H17BN2O2.C8H8BrI/c1-18-13-20(27-11-12-34-35(27)3)14-19(2)31(18)24-7-9-26(33)32-25(24)8-10-28(32)39-22-5-6-23-21(15-30(36)37-4)17-38-29(23)16-22;1-25(2)26(3,4)34-27(33-25)19-9-10-20(28)24-18(19)8-11-21(24)32-16-6-7-17-15(12-23(29)30-5)14-31-22(17)13-16;1-8-6-10(7-9(2)12(8)13)11-4-5-14-15(11)3;1-9(2)10(3,4)15-11(14-9)8-6-7-12-13(8)5;1-5-3-7(10)4-6(2)8(5)9/h5-7,9,11-14,16,21,28H,8,10,15,17H2,1-4H3;6-7,9-10,13,15,21H,8,11-12,14H2,1-5H3;4-7H,1-3H3;6-7H,1-5H3;3-4H,1-2H3/t21-,28-;15-,21-;;;/m11.../s1. The predicted octanol–water partition coefficient (Wildman–Crippen LogP) is 18.7. The second kappa shape index (κ2) is 34.3. The first-order valence-electron chi connectivity index (χ1n) is 38.1. The van der Waals surface area contributed by atoms with Crippen LogP contribution in [-0.4, -0.2) is 105 Å². The van der Waals surface area contributed by atoms with Crippen LogP contribution in [0.3, 0.4) is 0 Å². The molecule has 0 spiro atoms. The highest BCUT2D eigenvalue weighted by Gasteiger charge is 2.54. The van der Waals surface area contributed by atoms with Gasteiger partial charge in [-0.1, -0.05) is 56.1 Å². The first kappa shape index (κ1) is 84.2. The quantitative estimate of drug-likeness (QED) is 0.0604. The van der Waals surface area contributed by atoms with E-state index in [-0.39, 0.29) is 72.7 Å². The highest BCUT2D eigenvalue weighted by atomic mass is 127. The fourth-order valence-corrected chi connectivity index (χ4v) is 16.7. The monoisotopic (exact) mass is 1780 g/mol. The Kier molecular flexibility index (Phi) is 25.6. The molecule has 0 bridgehead atoms. The summed E-state index contributed by atoms with van der Waals surface area (Å²) < 4.78 is 97.7. The number of methoxy groups -OCH3 is 2. The van der Waals surface area contributed by atoms with Crippen molar-refractivity contribution in [3.8, 4) is 56.6 Å². The molecule has 0 amide bonds. The lowest BCUT2D eigenvalue weighted by molar-refractivity contribution is -0.142. The number of hydrogen-bond donors (Lipinski definition) is 0. The Morgan fingerprint density at radius 2 is 0.912 bits per heavy atom. The summed E-state index contributed by atoms with van der Waals surface area (Å²) in [5, 5.41) is 12.6. The molecular formula is C88H99B2Br2F2IN6O12. The molecule has 2 aliphatic carbocycles. The summed E-state index contributed by atoms with van der Waals surface area (Å²) in [6, 6.07) is 36.9. The maximum Gasteiger partial charge on any atom is 0.514 e. The summed E-state index contributed by atoms with van der Waals surface area (Å²) in [6.45, 7) is 29.7. The van der Waals surface area contributed by atoms with Crippen LogP contribution in [0, 0.1) is 56.7 Å². The van der Waals surface area contributed by atoms with Crippen molar-refractivity contribution in [3.05, 3.63) is 225 Å². The number of esters is 2. The van der Waals surface area contributed by atoms with Gasteiger partial charge in [-0.25, -0.2) is 8.78 Å². The number of aryl methyl sites for hydroxylation is 9. The maximum atomic E-state index is 15.3. The van der Waals surface area contributed by atoms with Gasteiger partial charge in [-0.2, -0.15) is 15.3 Å². The van der Waals surface area contributed by atoms with Crippen LogP contribution >= 0.6 is 54.5 Å². The summed E-state index contributed by atoms with van der Waals surface area (Å²) in [4.78, 5) is 23.4. The molecular weight excluding hydrogens is 1680 g/mol. The summed E-state index contributed by atoms with van der Waals surface area (Å²) in [7, 11) is 7.70. The van der Waals surface area contributed by atoms with Gasteiger partial charge in [0.1, 0.15) is 46.8 Å². The van der Waals surface area contributed by atoms with Crippen molar-refractivity contribution in [1.29, 1.82) is 0 Å². The summed E-state index contributed by atoms with van der Waals surface area (Å²) in [5.74, 6) is 1.50. The molecule has 2 fully saturated rings. The number of nitrogens with zero attached hydrogens (tertiary/aromatic N) is 6. The third-order valence-corrected chi connectivity index (χ3v) is 26.0. The Morgan fingerprint density at radius 1 is 0.513 bits per heavy atom. The molecule has 0 unspecified atom stereocenters. The van der Waals surface area contributed by atoms with E-state index in [1.165, 1.54) is 60.6 Å². The van der Waals surface area contributed by atoms with Gasteiger partial charge in [-0.15, -0.1) is 0 Å². The predicted molar refractivity (Wildman–Crippen MR) is 453 cm³/mol. The van der Waals surface area contributed by atoms with E-state index in [1.54, 1.807) is 29.2 Å². The average molecular weight is 1780 g/mol. The van der Waals surface area contributed by atoms with Crippen molar-refractivity contribution in [3.63, 3.8) is 0 Å². The number of fused-ring (bicyclic) bond motifs is 4. The normalized spacial score (nSPS) is 18.6. The van der Waals surface area contributed by atoms with Crippen molar-refractivity contribution in [2.45, 2.75) is 182 Å². The molecule has 16 rings (SSSR count).